The number of rotatable bonds is 2. The van der Waals surface area contributed by atoms with Crippen molar-refractivity contribution in [2.45, 2.75) is 6.17 Å². The monoisotopic (exact) mass is 436 g/mol. The number of amides is 1. The molecule has 0 aliphatic carbocycles. The van der Waals surface area contributed by atoms with E-state index in [1.54, 1.807) is 4.90 Å². The summed E-state index contributed by atoms with van der Waals surface area (Å²) >= 11 is 6.65. The maximum atomic E-state index is 13.8. The van der Waals surface area contributed by atoms with E-state index in [0.29, 0.717) is 22.1 Å². The zero-order valence-corrected chi connectivity index (χ0v) is 17.6. The van der Waals surface area contributed by atoms with Crippen molar-refractivity contribution in [3.63, 3.8) is 0 Å². The Morgan fingerprint density at radius 2 is 1.41 bits per heavy atom. The van der Waals surface area contributed by atoms with Crippen LogP contribution < -0.4 is 10.2 Å². The Morgan fingerprint density at radius 3 is 2.16 bits per heavy atom. The summed E-state index contributed by atoms with van der Waals surface area (Å²) in [7, 11) is 0. The van der Waals surface area contributed by atoms with Crippen molar-refractivity contribution in [2.75, 3.05) is 10.2 Å². The topological polar surface area (TPSA) is 58.1 Å². The Labute approximate surface area is 189 Å². The number of benzene rings is 3. The summed E-state index contributed by atoms with van der Waals surface area (Å²) in [4.78, 5) is 24.8. The molecule has 32 heavy (non-hydrogen) atoms. The molecule has 0 saturated heterocycles. The lowest BCUT2D eigenvalue weighted by Crippen LogP contribution is -2.43. The van der Waals surface area contributed by atoms with Crippen LogP contribution in [0.15, 0.2) is 91.0 Å². The SMILES string of the molecule is O=C1c2cc3ccccc3nc2N[C@@H](c2cc3ccccc3nc2Cl)N1c1ccccc1. The first-order valence-electron chi connectivity index (χ1n) is 10.3. The number of carbonyl (C=O) groups is 1. The molecule has 3 heterocycles. The third kappa shape index (κ3) is 2.98. The van der Waals surface area contributed by atoms with E-state index in [1.807, 2.05) is 91.0 Å². The molecule has 5 nitrogen and oxygen atoms in total. The van der Waals surface area contributed by atoms with E-state index < -0.39 is 6.17 Å². The molecule has 1 N–H and O–H groups in total. The van der Waals surface area contributed by atoms with Gasteiger partial charge in [-0.05, 0) is 36.4 Å². The Hall–Kier alpha value is -3.96. The maximum absolute atomic E-state index is 13.8. The van der Waals surface area contributed by atoms with Crippen LogP contribution in [0.4, 0.5) is 11.5 Å². The molecular weight excluding hydrogens is 420 g/mol. The first-order valence-corrected chi connectivity index (χ1v) is 10.7. The highest BCUT2D eigenvalue weighted by molar-refractivity contribution is 6.31. The Bertz CT molecular complexity index is 1500. The molecule has 0 fully saturated rings. The van der Waals surface area contributed by atoms with Gasteiger partial charge in [0.2, 0.25) is 0 Å². The Morgan fingerprint density at radius 1 is 0.781 bits per heavy atom. The zero-order chi connectivity index (χ0) is 21.7. The highest BCUT2D eigenvalue weighted by atomic mass is 35.5. The van der Waals surface area contributed by atoms with Crippen molar-refractivity contribution < 1.29 is 4.79 Å². The molecule has 5 aromatic rings. The number of pyridine rings is 2. The quantitative estimate of drug-likeness (QED) is 0.334. The fraction of sp³-hybridized carbons (Fsp3) is 0.0385. The number of hydrogen-bond donors (Lipinski definition) is 1. The number of carbonyl (C=O) groups excluding carboxylic acids is 1. The fourth-order valence-electron chi connectivity index (χ4n) is 4.20. The third-order valence-corrected chi connectivity index (χ3v) is 6.04. The number of anilines is 2. The van der Waals surface area contributed by atoms with E-state index in [-0.39, 0.29) is 5.91 Å². The highest BCUT2D eigenvalue weighted by Gasteiger charge is 2.36. The van der Waals surface area contributed by atoms with Crippen molar-refractivity contribution in [1.29, 1.82) is 0 Å². The normalized spacial score (nSPS) is 15.6. The minimum atomic E-state index is -0.560. The lowest BCUT2D eigenvalue weighted by molar-refractivity contribution is 0.0974. The minimum absolute atomic E-state index is 0.141. The molecule has 0 saturated carbocycles. The van der Waals surface area contributed by atoms with Gasteiger partial charge in [0.05, 0.1) is 16.6 Å². The summed E-state index contributed by atoms with van der Waals surface area (Å²) in [6, 6.07) is 29.0. The van der Waals surface area contributed by atoms with E-state index in [1.165, 1.54) is 0 Å². The molecule has 6 heteroatoms. The molecule has 1 amide bonds. The van der Waals surface area contributed by atoms with Gasteiger partial charge in [-0.2, -0.15) is 0 Å². The van der Waals surface area contributed by atoms with Gasteiger partial charge in [-0.3, -0.25) is 9.69 Å². The standard InChI is InChI=1S/C26H17ClN4O/c27-23-19(14-16-8-4-6-12-21(16)28-23)25-30-24-20(15-17-9-5-7-13-22(17)29-24)26(32)31(25)18-10-2-1-3-11-18/h1-15,25H,(H,29,30)/t25-/m1/s1. The molecule has 3 aromatic carbocycles. The summed E-state index contributed by atoms with van der Waals surface area (Å²) in [5.74, 6) is 0.396. The van der Waals surface area contributed by atoms with Gasteiger partial charge < -0.3 is 5.32 Å². The van der Waals surface area contributed by atoms with Crippen LogP contribution in [0.1, 0.15) is 22.1 Å². The number of aromatic nitrogens is 2. The van der Waals surface area contributed by atoms with Crippen LogP contribution in [-0.2, 0) is 0 Å². The summed E-state index contributed by atoms with van der Waals surface area (Å²) < 4.78 is 0. The lowest BCUT2D eigenvalue weighted by Gasteiger charge is -2.38. The van der Waals surface area contributed by atoms with E-state index in [0.717, 1.165) is 27.5 Å². The van der Waals surface area contributed by atoms with Gasteiger partial charge in [-0.1, -0.05) is 66.2 Å². The van der Waals surface area contributed by atoms with E-state index in [9.17, 15) is 4.79 Å². The van der Waals surface area contributed by atoms with Gasteiger partial charge in [-0.25, -0.2) is 9.97 Å². The average molecular weight is 437 g/mol. The van der Waals surface area contributed by atoms with Crippen molar-refractivity contribution in [3.05, 3.63) is 107 Å². The largest absolute Gasteiger partial charge is 0.345 e. The average Bonchev–Trinajstić information content (AvgIpc) is 2.83. The smallest absolute Gasteiger partial charge is 0.264 e. The molecule has 1 aliphatic heterocycles. The second-order valence-electron chi connectivity index (χ2n) is 7.70. The predicted octanol–water partition coefficient (Wildman–Crippen LogP) is 6.21. The van der Waals surface area contributed by atoms with Crippen molar-refractivity contribution in [2.24, 2.45) is 0 Å². The van der Waals surface area contributed by atoms with Crippen LogP contribution >= 0.6 is 11.6 Å². The molecule has 6 rings (SSSR count). The molecule has 154 valence electrons. The summed E-state index contributed by atoms with van der Waals surface area (Å²) in [6.45, 7) is 0. The maximum Gasteiger partial charge on any atom is 0.264 e. The number of nitrogens with one attached hydrogen (secondary N) is 1. The van der Waals surface area contributed by atoms with Crippen LogP contribution in [0.3, 0.4) is 0 Å². The van der Waals surface area contributed by atoms with Crippen LogP contribution in [0.25, 0.3) is 21.8 Å². The molecule has 1 atom stereocenters. The van der Waals surface area contributed by atoms with Gasteiger partial charge in [0.15, 0.2) is 0 Å². The van der Waals surface area contributed by atoms with Crippen molar-refractivity contribution in [3.8, 4) is 0 Å². The van der Waals surface area contributed by atoms with E-state index in [2.05, 4.69) is 10.3 Å². The first-order chi connectivity index (χ1) is 15.7. The molecule has 0 radical (unpaired) electrons. The highest BCUT2D eigenvalue weighted by Crippen LogP contribution is 2.39. The summed E-state index contributed by atoms with van der Waals surface area (Å²) in [5, 5.41) is 5.67. The molecular formula is C26H17ClN4O. The number of para-hydroxylation sites is 3. The number of fused-ring (bicyclic) bond motifs is 3. The zero-order valence-electron chi connectivity index (χ0n) is 16.9. The van der Waals surface area contributed by atoms with Crippen LogP contribution in [0.2, 0.25) is 5.15 Å². The molecule has 1 aliphatic rings. The Kier molecular flexibility index (Phi) is 4.30. The van der Waals surface area contributed by atoms with Crippen LogP contribution in [0, 0.1) is 0 Å². The summed E-state index contributed by atoms with van der Waals surface area (Å²) in [5.41, 5.74) is 3.62. The second kappa shape index (κ2) is 7.32. The van der Waals surface area contributed by atoms with Gasteiger partial charge in [0.25, 0.3) is 5.91 Å². The second-order valence-corrected chi connectivity index (χ2v) is 8.05. The van der Waals surface area contributed by atoms with Crippen LogP contribution in [-0.4, -0.2) is 15.9 Å². The van der Waals surface area contributed by atoms with Gasteiger partial charge in [0, 0.05) is 22.0 Å². The van der Waals surface area contributed by atoms with Gasteiger partial charge >= 0.3 is 0 Å². The number of halogens is 1. The summed E-state index contributed by atoms with van der Waals surface area (Å²) in [6.07, 6.45) is -0.560. The van der Waals surface area contributed by atoms with E-state index >= 15 is 0 Å². The van der Waals surface area contributed by atoms with E-state index in [4.69, 9.17) is 16.6 Å². The number of nitrogens with zero attached hydrogens (tertiary/aromatic N) is 3. The minimum Gasteiger partial charge on any atom is -0.345 e. The van der Waals surface area contributed by atoms with Crippen LogP contribution in [0.5, 0.6) is 0 Å². The Balaban J connectivity index is 1.58. The number of hydrogen-bond acceptors (Lipinski definition) is 4. The third-order valence-electron chi connectivity index (χ3n) is 5.74. The molecule has 0 unspecified atom stereocenters. The van der Waals surface area contributed by atoms with Gasteiger partial charge in [-0.15, -0.1) is 0 Å². The molecule has 0 bridgehead atoms. The first kappa shape index (κ1) is 18.8. The van der Waals surface area contributed by atoms with Crippen molar-refractivity contribution in [1.82, 2.24) is 9.97 Å². The predicted molar refractivity (Wildman–Crippen MR) is 128 cm³/mol. The molecule has 0 spiro atoms. The fourth-order valence-corrected chi connectivity index (χ4v) is 4.45. The molecule has 2 aromatic heterocycles. The lowest BCUT2D eigenvalue weighted by atomic mass is 10.0. The van der Waals surface area contributed by atoms with Crippen molar-refractivity contribution >= 4 is 50.8 Å². The van der Waals surface area contributed by atoms with Gasteiger partial charge in [0.1, 0.15) is 17.1 Å².